The van der Waals surface area contributed by atoms with Crippen LogP contribution in [-0.4, -0.2) is 31.1 Å². The van der Waals surface area contributed by atoms with Crippen molar-refractivity contribution in [3.05, 3.63) is 0 Å². The summed E-state index contributed by atoms with van der Waals surface area (Å²) in [7, 11) is 0. The van der Waals surface area contributed by atoms with Crippen LogP contribution in [0.1, 0.15) is 19.8 Å². The predicted molar refractivity (Wildman–Crippen MR) is 59.4 cm³/mol. The molecule has 0 radical (unpaired) electrons. The van der Waals surface area contributed by atoms with E-state index in [0.29, 0.717) is 19.6 Å². The van der Waals surface area contributed by atoms with Crippen LogP contribution in [0.15, 0.2) is 0 Å². The molecule has 2 amide bonds. The van der Waals surface area contributed by atoms with Crippen molar-refractivity contribution in [2.45, 2.75) is 25.8 Å². The van der Waals surface area contributed by atoms with Crippen molar-refractivity contribution >= 4 is 11.8 Å². The molecular formula is C11H17N3O3. The van der Waals surface area contributed by atoms with Gasteiger partial charge in [-0.05, 0) is 12.3 Å². The number of hydrogen-bond donors (Lipinski definition) is 2. The lowest BCUT2D eigenvalue weighted by Gasteiger charge is -2.21. The van der Waals surface area contributed by atoms with Crippen LogP contribution in [0.2, 0.25) is 0 Å². The highest BCUT2D eigenvalue weighted by Crippen LogP contribution is 2.14. The van der Waals surface area contributed by atoms with Crippen molar-refractivity contribution in [3.63, 3.8) is 0 Å². The van der Waals surface area contributed by atoms with Crippen LogP contribution in [0, 0.1) is 23.2 Å². The maximum Gasteiger partial charge on any atom is 0.240 e. The minimum atomic E-state index is -0.789. The molecule has 6 nitrogen and oxygen atoms in total. The molecule has 1 aliphatic heterocycles. The molecule has 0 aromatic carbocycles. The van der Waals surface area contributed by atoms with Gasteiger partial charge in [-0.1, -0.05) is 6.92 Å². The van der Waals surface area contributed by atoms with E-state index in [1.807, 2.05) is 6.07 Å². The van der Waals surface area contributed by atoms with E-state index >= 15 is 0 Å². The van der Waals surface area contributed by atoms with Crippen LogP contribution in [0.25, 0.3) is 0 Å². The summed E-state index contributed by atoms with van der Waals surface area (Å²) in [6, 6.07) is 1.17. The molecule has 1 saturated heterocycles. The lowest BCUT2D eigenvalue weighted by Crippen LogP contribution is -2.50. The van der Waals surface area contributed by atoms with Gasteiger partial charge in [0.2, 0.25) is 11.8 Å². The maximum atomic E-state index is 11.8. The molecule has 17 heavy (non-hydrogen) atoms. The fraction of sp³-hybridized carbons (Fsp3) is 0.727. The van der Waals surface area contributed by atoms with Crippen LogP contribution < -0.4 is 11.1 Å². The molecule has 3 atom stereocenters. The zero-order valence-electron chi connectivity index (χ0n) is 9.81. The van der Waals surface area contributed by atoms with Crippen molar-refractivity contribution in [1.29, 1.82) is 5.26 Å². The van der Waals surface area contributed by atoms with Gasteiger partial charge in [-0.2, -0.15) is 5.26 Å². The quantitative estimate of drug-likeness (QED) is 0.677. The summed E-state index contributed by atoms with van der Waals surface area (Å²) in [4.78, 5) is 23.0. The zero-order valence-corrected chi connectivity index (χ0v) is 9.81. The first-order valence-electron chi connectivity index (χ1n) is 5.60. The van der Waals surface area contributed by atoms with Crippen LogP contribution in [0.5, 0.6) is 0 Å². The number of hydrogen-bond acceptors (Lipinski definition) is 4. The Bertz CT molecular complexity index is 331. The number of nitriles is 1. The molecule has 1 heterocycles. The number of carbonyl (C=O) groups excluding carboxylic acids is 2. The summed E-state index contributed by atoms with van der Waals surface area (Å²) in [5.74, 6) is -1.34. The standard InChI is InChI=1S/C11H17N3O3/c1-7(2-4-12)9(10(13)15)14-11(16)8-3-5-17-6-8/h7-9H,2-3,5-6H2,1H3,(H2,13,15)(H,14,16)/t7-,8+,9-/m1/s1. The Morgan fingerprint density at radius 1 is 1.65 bits per heavy atom. The Morgan fingerprint density at radius 3 is 2.82 bits per heavy atom. The molecule has 0 unspecified atom stereocenters. The molecule has 1 aliphatic rings. The maximum absolute atomic E-state index is 11.8. The van der Waals surface area contributed by atoms with Gasteiger partial charge >= 0.3 is 0 Å². The highest BCUT2D eigenvalue weighted by atomic mass is 16.5. The molecule has 0 saturated carbocycles. The van der Waals surface area contributed by atoms with Crippen molar-refractivity contribution in [2.24, 2.45) is 17.6 Å². The fourth-order valence-corrected chi connectivity index (χ4v) is 1.77. The van der Waals surface area contributed by atoms with Crippen LogP contribution in [-0.2, 0) is 14.3 Å². The van der Waals surface area contributed by atoms with Gasteiger partial charge in [0.05, 0.1) is 18.6 Å². The Balaban J connectivity index is 2.57. The second kappa shape index (κ2) is 6.21. The summed E-state index contributed by atoms with van der Waals surface area (Å²) in [5, 5.41) is 11.2. The van der Waals surface area contributed by atoms with Gasteiger partial charge in [-0.3, -0.25) is 9.59 Å². The second-order valence-corrected chi connectivity index (χ2v) is 4.29. The SMILES string of the molecule is C[C@H](CC#N)[C@@H](NC(=O)[C@H]1CCOC1)C(N)=O. The third kappa shape index (κ3) is 3.71. The average Bonchev–Trinajstić information content (AvgIpc) is 2.78. The molecule has 0 spiro atoms. The fourth-order valence-electron chi connectivity index (χ4n) is 1.77. The number of amides is 2. The molecule has 0 aliphatic carbocycles. The zero-order chi connectivity index (χ0) is 12.8. The van der Waals surface area contributed by atoms with Crippen LogP contribution in [0.3, 0.4) is 0 Å². The van der Waals surface area contributed by atoms with Gasteiger partial charge in [-0.25, -0.2) is 0 Å². The van der Waals surface area contributed by atoms with E-state index < -0.39 is 11.9 Å². The average molecular weight is 239 g/mol. The van der Waals surface area contributed by atoms with Crippen LogP contribution >= 0.6 is 0 Å². The first kappa shape index (κ1) is 13.5. The normalized spacial score (nSPS) is 22.5. The van der Waals surface area contributed by atoms with E-state index in [-0.39, 0.29) is 24.2 Å². The van der Waals surface area contributed by atoms with E-state index in [9.17, 15) is 9.59 Å². The lowest BCUT2D eigenvalue weighted by molar-refractivity contribution is -0.130. The Hall–Kier alpha value is -1.61. The van der Waals surface area contributed by atoms with E-state index in [0.717, 1.165) is 0 Å². The number of rotatable bonds is 5. The highest BCUT2D eigenvalue weighted by molar-refractivity contribution is 5.87. The Labute approximate surface area is 100 Å². The van der Waals surface area contributed by atoms with Crippen molar-refractivity contribution in [2.75, 3.05) is 13.2 Å². The van der Waals surface area contributed by atoms with Gasteiger partial charge in [0.25, 0.3) is 0 Å². The van der Waals surface area contributed by atoms with Crippen molar-refractivity contribution in [3.8, 4) is 6.07 Å². The van der Waals surface area contributed by atoms with Gasteiger partial charge in [0.15, 0.2) is 0 Å². The first-order chi connectivity index (χ1) is 8.06. The van der Waals surface area contributed by atoms with E-state index in [4.69, 9.17) is 15.7 Å². The van der Waals surface area contributed by atoms with Crippen molar-refractivity contribution in [1.82, 2.24) is 5.32 Å². The molecule has 0 aromatic rings. The smallest absolute Gasteiger partial charge is 0.240 e. The summed E-state index contributed by atoms with van der Waals surface area (Å²) < 4.78 is 5.10. The molecule has 1 fully saturated rings. The summed E-state index contributed by atoms with van der Waals surface area (Å²) in [6.07, 6.45) is 0.832. The van der Waals surface area contributed by atoms with Gasteiger partial charge in [0.1, 0.15) is 6.04 Å². The van der Waals surface area contributed by atoms with Crippen LogP contribution in [0.4, 0.5) is 0 Å². The molecule has 94 valence electrons. The number of primary amides is 1. The molecule has 0 bridgehead atoms. The molecule has 3 N–H and O–H groups in total. The molecule has 6 heteroatoms. The van der Waals surface area contributed by atoms with Crippen molar-refractivity contribution < 1.29 is 14.3 Å². The van der Waals surface area contributed by atoms with Gasteiger partial charge in [-0.15, -0.1) is 0 Å². The predicted octanol–water partition coefficient (Wildman–Crippen LogP) is -0.457. The molecule has 1 rings (SSSR count). The lowest BCUT2D eigenvalue weighted by atomic mass is 9.97. The van der Waals surface area contributed by atoms with E-state index in [2.05, 4.69) is 5.32 Å². The third-order valence-corrected chi connectivity index (χ3v) is 2.89. The monoisotopic (exact) mass is 239 g/mol. The van der Waals surface area contributed by atoms with Gasteiger partial charge < -0.3 is 15.8 Å². The highest BCUT2D eigenvalue weighted by Gasteiger charge is 2.29. The minimum Gasteiger partial charge on any atom is -0.381 e. The number of nitrogens with two attached hydrogens (primary N) is 1. The topological polar surface area (TPSA) is 105 Å². The summed E-state index contributed by atoms with van der Waals surface area (Å²) in [6.45, 7) is 2.65. The number of carbonyl (C=O) groups is 2. The molecule has 0 aromatic heterocycles. The van der Waals surface area contributed by atoms with E-state index in [1.165, 1.54) is 0 Å². The summed E-state index contributed by atoms with van der Waals surface area (Å²) >= 11 is 0. The Kier molecular flexibility index (Phi) is 4.91. The molecular weight excluding hydrogens is 222 g/mol. The largest absolute Gasteiger partial charge is 0.381 e. The Morgan fingerprint density at radius 2 is 2.35 bits per heavy atom. The summed E-state index contributed by atoms with van der Waals surface area (Å²) in [5.41, 5.74) is 5.22. The minimum absolute atomic E-state index is 0.176. The number of nitrogens with one attached hydrogen (secondary N) is 1. The van der Waals surface area contributed by atoms with Gasteiger partial charge in [0, 0.05) is 13.0 Å². The first-order valence-corrected chi connectivity index (χ1v) is 5.60. The van der Waals surface area contributed by atoms with E-state index in [1.54, 1.807) is 6.92 Å². The second-order valence-electron chi connectivity index (χ2n) is 4.29. The number of ether oxygens (including phenoxy) is 1. The third-order valence-electron chi connectivity index (χ3n) is 2.89. The number of nitrogens with zero attached hydrogens (tertiary/aromatic N) is 1.